The molecule has 4 heteroatoms. The molecule has 1 aromatic rings. The van der Waals surface area contributed by atoms with Gasteiger partial charge in [0, 0.05) is 22.8 Å². The van der Waals surface area contributed by atoms with Crippen LogP contribution >= 0.6 is 15.9 Å². The van der Waals surface area contributed by atoms with E-state index in [1.165, 1.54) is 0 Å². The van der Waals surface area contributed by atoms with E-state index in [9.17, 15) is 0 Å². The SMILES string of the molecule is COCC(C)OCc1ccc(Br)cc1N. The summed E-state index contributed by atoms with van der Waals surface area (Å²) < 4.78 is 11.5. The van der Waals surface area contributed by atoms with Gasteiger partial charge < -0.3 is 15.2 Å². The van der Waals surface area contributed by atoms with Crippen molar-refractivity contribution < 1.29 is 9.47 Å². The molecule has 0 saturated carbocycles. The van der Waals surface area contributed by atoms with Crippen molar-refractivity contribution in [1.82, 2.24) is 0 Å². The zero-order chi connectivity index (χ0) is 11.3. The van der Waals surface area contributed by atoms with Gasteiger partial charge in [0.15, 0.2) is 0 Å². The lowest BCUT2D eigenvalue weighted by Gasteiger charge is -2.13. The Morgan fingerprint density at radius 2 is 2.20 bits per heavy atom. The van der Waals surface area contributed by atoms with E-state index in [1.54, 1.807) is 7.11 Å². The Morgan fingerprint density at radius 1 is 1.47 bits per heavy atom. The summed E-state index contributed by atoms with van der Waals surface area (Å²) in [6, 6.07) is 5.79. The van der Waals surface area contributed by atoms with Gasteiger partial charge in [0.05, 0.1) is 19.3 Å². The molecule has 0 aliphatic rings. The summed E-state index contributed by atoms with van der Waals surface area (Å²) in [5.74, 6) is 0. The lowest BCUT2D eigenvalue weighted by Crippen LogP contribution is -2.14. The van der Waals surface area contributed by atoms with Crippen molar-refractivity contribution in [3.8, 4) is 0 Å². The fourth-order valence-corrected chi connectivity index (χ4v) is 1.59. The summed E-state index contributed by atoms with van der Waals surface area (Å²) in [5, 5.41) is 0. The highest BCUT2D eigenvalue weighted by atomic mass is 79.9. The largest absolute Gasteiger partial charge is 0.398 e. The van der Waals surface area contributed by atoms with E-state index in [0.29, 0.717) is 13.2 Å². The Bertz CT molecular complexity index is 317. The summed E-state index contributed by atoms with van der Waals surface area (Å²) >= 11 is 3.36. The number of hydrogen-bond donors (Lipinski definition) is 1. The van der Waals surface area contributed by atoms with Crippen LogP contribution in [0.5, 0.6) is 0 Å². The molecule has 0 fully saturated rings. The maximum absolute atomic E-state index is 5.84. The minimum atomic E-state index is 0.0815. The molecule has 0 bridgehead atoms. The van der Waals surface area contributed by atoms with Gasteiger partial charge in [-0.3, -0.25) is 0 Å². The number of hydrogen-bond acceptors (Lipinski definition) is 3. The summed E-state index contributed by atoms with van der Waals surface area (Å²) in [6.07, 6.45) is 0.0815. The molecule has 1 unspecified atom stereocenters. The van der Waals surface area contributed by atoms with E-state index in [1.807, 2.05) is 25.1 Å². The first-order valence-corrected chi connectivity index (χ1v) is 5.57. The number of nitrogen functional groups attached to an aromatic ring is 1. The van der Waals surface area contributed by atoms with Crippen LogP contribution in [0.2, 0.25) is 0 Å². The van der Waals surface area contributed by atoms with E-state index in [2.05, 4.69) is 15.9 Å². The van der Waals surface area contributed by atoms with E-state index in [4.69, 9.17) is 15.2 Å². The number of halogens is 1. The van der Waals surface area contributed by atoms with Gasteiger partial charge in [-0.2, -0.15) is 0 Å². The molecule has 1 rings (SSSR count). The number of nitrogens with two attached hydrogens (primary N) is 1. The third-order valence-corrected chi connectivity index (χ3v) is 2.53. The Kier molecular flexibility index (Phi) is 5.08. The standard InChI is InChI=1S/C11H16BrNO2/c1-8(6-14-2)15-7-9-3-4-10(12)5-11(9)13/h3-5,8H,6-7,13H2,1-2H3. The van der Waals surface area contributed by atoms with Gasteiger partial charge >= 0.3 is 0 Å². The highest BCUT2D eigenvalue weighted by Gasteiger charge is 2.04. The average molecular weight is 274 g/mol. The lowest BCUT2D eigenvalue weighted by molar-refractivity contribution is 0.0000870. The van der Waals surface area contributed by atoms with Gasteiger partial charge in [0.1, 0.15) is 0 Å². The monoisotopic (exact) mass is 273 g/mol. The molecule has 3 nitrogen and oxygen atoms in total. The third-order valence-electron chi connectivity index (χ3n) is 2.03. The average Bonchev–Trinajstić information content (AvgIpc) is 2.17. The van der Waals surface area contributed by atoms with E-state index < -0.39 is 0 Å². The first-order valence-electron chi connectivity index (χ1n) is 4.78. The van der Waals surface area contributed by atoms with Crippen LogP contribution in [-0.4, -0.2) is 19.8 Å². The maximum atomic E-state index is 5.84. The third kappa shape index (κ3) is 4.20. The Labute approximate surface area is 98.7 Å². The van der Waals surface area contributed by atoms with Gasteiger partial charge in [-0.05, 0) is 19.1 Å². The van der Waals surface area contributed by atoms with Crippen LogP contribution in [0.25, 0.3) is 0 Å². The van der Waals surface area contributed by atoms with Crippen molar-refractivity contribution in [2.75, 3.05) is 19.5 Å². The fraction of sp³-hybridized carbons (Fsp3) is 0.455. The molecule has 0 spiro atoms. The van der Waals surface area contributed by atoms with E-state index in [-0.39, 0.29) is 6.10 Å². The van der Waals surface area contributed by atoms with Crippen LogP contribution in [0, 0.1) is 0 Å². The number of ether oxygens (including phenoxy) is 2. The number of benzene rings is 1. The Balaban J connectivity index is 2.50. The molecular formula is C11H16BrNO2. The topological polar surface area (TPSA) is 44.5 Å². The van der Waals surface area contributed by atoms with Gasteiger partial charge in [-0.25, -0.2) is 0 Å². The first-order chi connectivity index (χ1) is 7.13. The van der Waals surface area contributed by atoms with E-state index in [0.717, 1.165) is 15.7 Å². The molecule has 0 radical (unpaired) electrons. The van der Waals surface area contributed by atoms with Crippen molar-refractivity contribution in [2.24, 2.45) is 0 Å². The van der Waals surface area contributed by atoms with Crippen molar-refractivity contribution in [3.05, 3.63) is 28.2 Å². The Morgan fingerprint density at radius 3 is 2.80 bits per heavy atom. The minimum Gasteiger partial charge on any atom is -0.398 e. The molecule has 0 aliphatic heterocycles. The summed E-state index contributed by atoms with van der Waals surface area (Å²) in [6.45, 7) is 3.08. The van der Waals surface area contributed by atoms with Crippen molar-refractivity contribution in [2.45, 2.75) is 19.6 Å². The van der Waals surface area contributed by atoms with Crippen molar-refractivity contribution in [1.29, 1.82) is 0 Å². The van der Waals surface area contributed by atoms with Crippen LogP contribution in [-0.2, 0) is 16.1 Å². The normalized spacial score (nSPS) is 12.7. The number of methoxy groups -OCH3 is 1. The fourth-order valence-electron chi connectivity index (χ4n) is 1.21. The Hall–Kier alpha value is -0.580. The van der Waals surface area contributed by atoms with Crippen LogP contribution in [0.15, 0.2) is 22.7 Å². The van der Waals surface area contributed by atoms with Crippen molar-refractivity contribution >= 4 is 21.6 Å². The molecule has 15 heavy (non-hydrogen) atoms. The molecule has 2 N–H and O–H groups in total. The predicted octanol–water partition coefficient (Wildman–Crippen LogP) is 2.58. The highest BCUT2D eigenvalue weighted by Crippen LogP contribution is 2.19. The summed E-state index contributed by atoms with van der Waals surface area (Å²) in [4.78, 5) is 0. The zero-order valence-corrected chi connectivity index (χ0v) is 10.6. The number of anilines is 1. The first kappa shape index (κ1) is 12.5. The molecule has 0 heterocycles. The molecule has 1 aromatic carbocycles. The summed E-state index contributed by atoms with van der Waals surface area (Å²) in [7, 11) is 1.66. The van der Waals surface area contributed by atoms with E-state index >= 15 is 0 Å². The molecule has 84 valence electrons. The van der Waals surface area contributed by atoms with Crippen molar-refractivity contribution in [3.63, 3.8) is 0 Å². The predicted molar refractivity (Wildman–Crippen MR) is 64.7 cm³/mol. The molecule has 0 aromatic heterocycles. The smallest absolute Gasteiger partial charge is 0.0784 e. The molecule has 1 atom stereocenters. The van der Waals surface area contributed by atoms with Crippen LogP contribution in [0.4, 0.5) is 5.69 Å². The quantitative estimate of drug-likeness (QED) is 0.839. The van der Waals surface area contributed by atoms with Gasteiger partial charge in [-0.1, -0.05) is 22.0 Å². The molecular weight excluding hydrogens is 258 g/mol. The van der Waals surface area contributed by atoms with Crippen LogP contribution in [0.1, 0.15) is 12.5 Å². The highest BCUT2D eigenvalue weighted by molar-refractivity contribution is 9.10. The number of rotatable bonds is 5. The second kappa shape index (κ2) is 6.10. The van der Waals surface area contributed by atoms with Gasteiger partial charge in [0.2, 0.25) is 0 Å². The molecule has 0 amide bonds. The second-order valence-corrected chi connectivity index (χ2v) is 4.34. The maximum Gasteiger partial charge on any atom is 0.0784 e. The lowest BCUT2D eigenvalue weighted by atomic mass is 10.2. The van der Waals surface area contributed by atoms with Gasteiger partial charge in [0.25, 0.3) is 0 Å². The molecule has 0 aliphatic carbocycles. The zero-order valence-electron chi connectivity index (χ0n) is 9.00. The van der Waals surface area contributed by atoms with Crippen LogP contribution < -0.4 is 5.73 Å². The second-order valence-electron chi connectivity index (χ2n) is 3.42. The van der Waals surface area contributed by atoms with Crippen LogP contribution in [0.3, 0.4) is 0 Å². The molecule has 0 saturated heterocycles. The minimum absolute atomic E-state index is 0.0815. The summed E-state index contributed by atoms with van der Waals surface area (Å²) in [5.41, 5.74) is 7.59. The van der Waals surface area contributed by atoms with Gasteiger partial charge in [-0.15, -0.1) is 0 Å².